The third kappa shape index (κ3) is 4.78. The van der Waals surface area contributed by atoms with Crippen molar-refractivity contribution in [1.29, 1.82) is 0 Å². The van der Waals surface area contributed by atoms with Gasteiger partial charge in [-0.1, -0.05) is 66.3 Å². The van der Waals surface area contributed by atoms with Crippen molar-refractivity contribution in [2.75, 3.05) is 24.4 Å². The Bertz CT molecular complexity index is 965. The highest BCUT2D eigenvalue weighted by Gasteiger charge is 2.42. The number of fused-ring (bicyclic) bond motifs is 1. The third-order valence-electron chi connectivity index (χ3n) is 5.93. The van der Waals surface area contributed by atoms with E-state index in [0.717, 1.165) is 35.7 Å². The van der Waals surface area contributed by atoms with Gasteiger partial charge in [0, 0.05) is 11.6 Å². The second kappa shape index (κ2) is 9.87. The zero-order valence-electron chi connectivity index (χ0n) is 17.8. The molecular formula is C23H30INO4S. The molecule has 0 unspecified atom stereocenters. The van der Waals surface area contributed by atoms with Crippen molar-refractivity contribution in [2.45, 2.75) is 49.1 Å². The Morgan fingerprint density at radius 2 is 1.77 bits per heavy atom. The smallest absolute Gasteiger partial charge is 0.180 e. The zero-order valence-corrected chi connectivity index (χ0v) is 20.8. The number of nitrogens with one attached hydrogen (secondary N) is 1. The van der Waals surface area contributed by atoms with Crippen LogP contribution in [-0.4, -0.2) is 38.4 Å². The van der Waals surface area contributed by atoms with Gasteiger partial charge in [-0.25, -0.2) is 8.42 Å². The molecule has 0 aromatic heterocycles. The van der Waals surface area contributed by atoms with Gasteiger partial charge < -0.3 is 9.47 Å². The van der Waals surface area contributed by atoms with E-state index in [-0.39, 0.29) is 11.8 Å². The second-order valence-electron chi connectivity index (χ2n) is 7.77. The molecule has 0 fully saturated rings. The SMILES string of the molecule is CC[C@@]1(CCCCI)CS(=O)(=O)c2cc(OC)c(OC)cc2[C@@H](c2ccccc2)N1. The maximum absolute atomic E-state index is 13.6. The van der Waals surface area contributed by atoms with Crippen LogP contribution in [0.15, 0.2) is 47.4 Å². The zero-order chi connectivity index (χ0) is 21.8. The summed E-state index contributed by atoms with van der Waals surface area (Å²) in [6.45, 7) is 2.08. The number of ether oxygens (including phenoxy) is 2. The predicted molar refractivity (Wildman–Crippen MR) is 129 cm³/mol. The molecule has 1 aliphatic heterocycles. The molecule has 0 aliphatic carbocycles. The predicted octanol–water partition coefficient (Wildman–Crippen LogP) is 4.92. The number of halogens is 1. The Balaban J connectivity index is 2.22. The summed E-state index contributed by atoms with van der Waals surface area (Å²) in [5.74, 6) is 1.03. The van der Waals surface area contributed by atoms with Crippen LogP contribution >= 0.6 is 22.6 Å². The minimum absolute atomic E-state index is 0.0730. The van der Waals surface area contributed by atoms with Crippen LogP contribution in [0.1, 0.15) is 49.8 Å². The molecule has 1 heterocycles. The quantitative estimate of drug-likeness (QED) is 0.291. The summed E-state index contributed by atoms with van der Waals surface area (Å²) >= 11 is 2.38. The first kappa shape index (κ1) is 23.3. The van der Waals surface area contributed by atoms with Crippen molar-refractivity contribution in [3.8, 4) is 11.5 Å². The van der Waals surface area contributed by atoms with E-state index in [1.165, 1.54) is 7.11 Å². The van der Waals surface area contributed by atoms with E-state index in [0.29, 0.717) is 22.0 Å². The molecule has 0 saturated carbocycles. The number of alkyl halides is 1. The molecule has 7 heteroatoms. The van der Waals surface area contributed by atoms with E-state index in [4.69, 9.17) is 9.47 Å². The Morgan fingerprint density at radius 3 is 2.37 bits per heavy atom. The first-order valence-corrected chi connectivity index (χ1v) is 13.4. The number of hydrogen-bond donors (Lipinski definition) is 1. The molecule has 0 amide bonds. The van der Waals surface area contributed by atoms with Gasteiger partial charge in [0.25, 0.3) is 0 Å². The number of rotatable bonds is 8. The minimum atomic E-state index is -3.53. The van der Waals surface area contributed by atoms with E-state index in [2.05, 4.69) is 34.8 Å². The molecule has 0 bridgehead atoms. The van der Waals surface area contributed by atoms with Gasteiger partial charge in [0.15, 0.2) is 21.3 Å². The van der Waals surface area contributed by atoms with Crippen molar-refractivity contribution < 1.29 is 17.9 Å². The summed E-state index contributed by atoms with van der Waals surface area (Å²) in [5.41, 5.74) is 1.25. The summed E-state index contributed by atoms with van der Waals surface area (Å²) in [4.78, 5) is 0.325. The maximum atomic E-state index is 13.6. The van der Waals surface area contributed by atoms with Gasteiger partial charge in [-0.3, -0.25) is 5.32 Å². The van der Waals surface area contributed by atoms with Crippen LogP contribution in [0.25, 0.3) is 0 Å². The molecule has 0 spiro atoms. The van der Waals surface area contributed by atoms with E-state index in [1.807, 2.05) is 36.4 Å². The molecular weight excluding hydrogens is 513 g/mol. The number of hydrogen-bond acceptors (Lipinski definition) is 5. The molecule has 2 aromatic carbocycles. The van der Waals surface area contributed by atoms with Gasteiger partial charge in [-0.15, -0.1) is 0 Å². The maximum Gasteiger partial charge on any atom is 0.180 e. The monoisotopic (exact) mass is 543 g/mol. The molecule has 30 heavy (non-hydrogen) atoms. The molecule has 1 N–H and O–H groups in total. The highest BCUT2D eigenvalue weighted by atomic mass is 127. The molecule has 2 atom stereocenters. The fourth-order valence-corrected chi connectivity index (χ4v) is 6.91. The molecule has 1 aliphatic rings. The third-order valence-corrected chi connectivity index (χ3v) is 8.65. The van der Waals surface area contributed by atoms with Crippen LogP contribution in [0.2, 0.25) is 0 Å². The Morgan fingerprint density at radius 1 is 1.10 bits per heavy atom. The summed E-state index contributed by atoms with van der Waals surface area (Å²) in [6.07, 6.45) is 3.62. The Hall–Kier alpha value is -1.32. The van der Waals surface area contributed by atoms with Crippen molar-refractivity contribution >= 4 is 32.4 Å². The first-order valence-electron chi connectivity index (χ1n) is 10.3. The van der Waals surface area contributed by atoms with Crippen LogP contribution in [0.5, 0.6) is 11.5 Å². The van der Waals surface area contributed by atoms with Crippen molar-refractivity contribution in [3.05, 3.63) is 53.6 Å². The molecule has 5 nitrogen and oxygen atoms in total. The lowest BCUT2D eigenvalue weighted by Crippen LogP contribution is -2.50. The normalized spacial score (nSPS) is 22.7. The van der Waals surface area contributed by atoms with Gasteiger partial charge in [-0.2, -0.15) is 0 Å². The van der Waals surface area contributed by atoms with Gasteiger partial charge in [0.05, 0.1) is 30.9 Å². The molecule has 3 rings (SSSR count). The minimum Gasteiger partial charge on any atom is -0.493 e. The van der Waals surface area contributed by atoms with Gasteiger partial charge in [-0.05, 0) is 40.9 Å². The largest absolute Gasteiger partial charge is 0.493 e. The lowest BCUT2D eigenvalue weighted by atomic mass is 9.88. The molecule has 0 radical (unpaired) electrons. The van der Waals surface area contributed by atoms with Crippen LogP contribution in [0.3, 0.4) is 0 Å². The van der Waals surface area contributed by atoms with Crippen LogP contribution in [0.4, 0.5) is 0 Å². The van der Waals surface area contributed by atoms with E-state index in [9.17, 15) is 8.42 Å². The lowest BCUT2D eigenvalue weighted by Gasteiger charge is -2.36. The second-order valence-corrected chi connectivity index (χ2v) is 10.8. The summed E-state index contributed by atoms with van der Waals surface area (Å²) < 4.78 is 39.2. The number of sulfone groups is 1. The van der Waals surface area contributed by atoms with Crippen LogP contribution in [0, 0.1) is 0 Å². The van der Waals surface area contributed by atoms with E-state index in [1.54, 1.807) is 13.2 Å². The lowest BCUT2D eigenvalue weighted by molar-refractivity contribution is 0.294. The summed E-state index contributed by atoms with van der Waals surface area (Å²) in [5, 5.41) is 3.78. The number of methoxy groups -OCH3 is 2. The highest BCUT2D eigenvalue weighted by Crippen LogP contribution is 2.42. The molecule has 2 aromatic rings. The Kier molecular flexibility index (Phi) is 7.68. The molecule has 164 valence electrons. The average molecular weight is 543 g/mol. The topological polar surface area (TPSA) is 64.6 Å². The fraction of sp³-hybridized carbons (Fsp3) is 0.478. The van der Waals surface area contributed by atoms with Crippen molar-refractivity contribution in [3.63, 3.8) is 0 Å². The fourth-order valence-electron chi connectivity index (χ4n) is 4.23. The standard InChI is InChI=1S/C23H30INO4S/c1-4-23(12-8-9-13-24)16-30(26,27)21-15-20(29-3)19(28-2)14-18(21)22(25-23)17-10-6-5-7-11-17/h5-7,10-11,14-15,22,25H,4,8-9,12-13,16H2,1-3H3/t22-,23-/m1/s1. The summed E-state index contributed by atoms with van der Waals surface area (Å²) in [6, 6.07) is 13.2. The van der Waals surface area contributed by atoms with Crippen molar-refractivity contribution in [2.24, 2.45) is 0 Å². The van der Waals surface area contributed by atoms with Gasteiger partial charge >= 0.3 is 0 Å². The van der Waals surface area contributed by atoms with E-state index < -0.39 is 15.4 Å². The van der Waals surface area contributed by atoms with Crippen LogP contribution < -0.4 is 14.8 Å². The van der Waals surface area contributed by atoms with Gasteiger partial charge in [0.1, 0.15) is 0 Å². The highest BCUT2D eigenvalue weighted by molar-refractivity contribution is 14.1. The number of unbranched alkanes of at least 4 members (excludes halogenated alkanes) is 1. The summed E-state index contributed by atoms with van der Waals surface area (Å²) in [7, 11) is -0.435. The van der Waals surface area contributed by atoms with Crippen molar-refractivity contribution in [1.82, 2.24) is 5.32 Å². The van der Waals surface area contributed by atoms with E-state index >= 15 is 0 Å². The average Bonchev–Trinajstić information content (AvgIpc) is 2.86. The first-order chi connectivity index (χ1) is 14.4. The van der Waals surface area contributed by atoms with Crippen LogP contribution in [-0.2, 0) is 9.84 Å². The number of benzene rings is 2. The van der Waals surface area contributed by atoms with Gasteiger partial charge in [0.2, 0.25) is 0 Å². The Labute approximate surface area is 193 Å². The molecule has 0 saturated heterocycles.